The molecule has 0 radical (unpaired) electrons. The fourth-order valence-electron chi connectivity index (χ4n) is 3.34. The molecule has 6 heteroatoms. The number of nitrogens with one attached hydrogen (secondary N) is 1. The SMILES string of the molecule is CS(=O)Cc1cccc(C(=O)NCCN2CCN(c3ccccc3)CC2)c1. The molecule has 2 aromatic rings. The number of benzene rings is 2. The molecule has 1 saturated heterocycles. The van der Waals surface area contributed by atoms with Crippen molar-refractivity contribution < 1.29 is 9.00 Å². The number of carbonyl (C=O) groups excluding carboxylic acids is 1. The van der Waals surface area contributed by atoms with E-state index in [9.17, 15) is 9.00 Å². The standard InChI is InChI=1S/C21H27N3O2S/c1-27(26)17-18-6-5-7-19(16-18)21(25)22-10-11-23-12-14-24(15-13-23)20-8-3-2-4-9-20/h2-9,16H,10-15,17H2,1H3,(H,22,25). The van der Waals surface area contributed by atoms with Crippen molar-refractivity contribution >= 4 is 22.4 Å². The van der Waals surface area contributed by atoms with Gasteiger partial charge in [0.2, 0.25) is 0 Å². The van der Waals surface area contributed by atoms with Gasteiger partial charge in [-0.15, -0.1) is 0 Å². The Kier molecular flexibility index (Phi) is 7.01. The number of hydrogen-bond acceptors (Lipinski definition) is 4. The van der Waals surface area contributed by atoms with E-state index in [1.807, 2.05) is 24.3 Å². The van der Waals surface area contributed by atoms with Crippen molar-refractivity contribution in [2.24, 2.45) is 0 Å². The van der Waals surface area contributed by atoms with Crippen molar-refractivity contribution in [3.8, 4) is 0 Å². The van der Waals surface area contributed by atoms with Gasteiger partial charge in [0, 0.05) is 73.3 Å². The zero-order valence-corrected chi connectivity index (χ0v) is 16.6. The Morgan fingerprint density at radius 3 is 2.48 bits per heavy atom. The molecular weight excluding hydrogens is 358 g/mol. The number of para-hydroxylation sites is 1. The summed E-state index contributed by atoms with van der Waals surface area (Å²) in [6.07, 6.45) is 1.67. The average Bonchev–Trinajstić information content (AvgIpc) is 2.69. The van der Waals surface area contributed by atoms with Gasteiger partial charge >= 0.3 is 0 Å². The van der Waals surface area contributed by atoms with Crippen LogP contribution in [0.3, 0.4) is 0 Å². The van der Waals surface area contributed by atoms with Gasteiger partial charge in [0.25, 0.3) is 5.91 Å². The fourth-order valence-corrected chi connectivity index (χ4v) is 3.98. The third-order valence-electron chi connectivity index (χ3n) is 4.77. The van der Waals surface area contributed by atoms with Crippen molar-refractivity contribution in [1.29, 1.82) is 0 Å². The largest absolute Gasteiger partial charge is 0.369 e. The number of hydrogen-bond donors (Lipinski definition) is 1. The van der Waals surface area contributed by atoms with Crippen LogP contribution in [0.1, 0.15) is 15.9 Å². The molecule has 0 bridgehead atoms. The first kappa shape index (κ1) is 19.6. The van der Waals surface area contributed by atoms with Crippen LogP contribution in [0.4, 0.5) is 5.69 Å². The molecule has 27 heavy (non-hydrogen) atoms. The van der Waals surface area contributed by atoms with Crippen LogP contribution in [0, 0.1) is 0 Å². The molecule has 0 spiro atoms. The van der Waals surface area contributed by atoms with Crippen molar-refractivity contribution in [1.82, 2.24) is 10.2 Å². The van der Waals surface area contributed by atoms with Crippen molar-refractivity contribution in [2.45, 2.75) is 5.75 Å². The molecule has 0 aromatic heterocycles. The van der Waals surface area contributed by atoms with Crippen molar-refractivity contribution in [3.05, 3.63) is 65.7 Å². The van der Waals surface area contributed by atoms with Crippen molar-refractivity contribution in [2.75, 3.05) is 50.4 Å². The first-order valence-electron chi connectivity index (χ1n) is 9.31. The van der Waals surface area contributed by atoms with Crippen LogP contribution in [0.5, 0.6) is 0 Å². The maximum atomic E-state index is 12.3. The smallest absolute Gasteiger partial charge is 0.251 e. The normalized spacial score (nSPS) is 16.1. The van der Waals surface area contributed by atoms with Gasteiger partial charge in [-0.1, -0.05) is 30.3 Å². The number of piperazine rings is 1. The molecule has 1 N–H and O–H groups in total. The lowest BCUT2D eigenvalue weighted by molar-refractivity contribution is 0.0947. The second kappa shape index (κ2) is 9.67. The van der Waals surface area contributed by atoms with Gasteiger partial charge in [-0.2, -0.15) is 0 Å². The van der Waals surface area contributed by atoms with E-state index in [2.05, 4.69) is 39.4 Å². The molecule has 0 aliphatic carbocycles. The Hall–Kier alpha value is -2.18. The van der Waals surface area contributed by atoms with Gasteiger partial charge in [0.1, 0.15) is 0 Å². The maximum absolute atomic E-state index is 12.3. The summed E-state index contributed by atoms with van der Waals surface area (Å²) in [5, 5.41) is 3.00. The lowest BCUT2D eigenvalue weighted by atomic mass is 10.1. The van der Waals surface area contributed by atoms with E-state index in [0.717, 1.165) is 38.3 Å². The minimum Gasteiger partial charge on any atom is -0.369 e. The lowest BCUT2D eigenvalue weighted by Crippen LogP contribution is -2.48. The quantitative estimate of drug-likeness (QED) is 0.793. The summed E-state index contributed by atoms with van der Waals surface area (Å²) in [7, 11) is -0.906. The molecule has 1 aliphatic heterocycles. The molecular formula is C21H27N3O2S. The van der Waals surface area contributed by atoms with E-state index < -0.39 is 10.8 Å². The van der Waals surface area contributed by atoms with Gasteiger partial charge in [0.05, 0.1) is 0 Å². The molecule has 1 amide bonds. The van der Waals surface area contributed by atoms with E-state index in [1.165, 1.54) is 5.69 Å². The van der Waals surface area contributed by atoms with Crippen LogP contribution in [0.25, 0.3) is 0 Å². The highest BCUT2D eigenvalue weighted by Crippen LogP contribution is 2.15. The molecule has 1 fully saturated rings. The van der Waals surface area contributed by atoms with E-state index in [1.54, 1.807) is 12.3 Å². The summed E-state index contributed by atoms with van der Waals surface area (Å²) < 4.78 is 11.4. The van der Waals surface area contributed by atoms with E-state index in [-0.39, 0.29) is 5.91 Å². The maximum Gasteiger partial charge on any atom is 0.251 e. The first-order valence-corrected chi connectivity index (χ1v) is 11.0. The average molecular weight is 386 g/mol. The Bertz CT molecular complexity index is 774. The molecule has 0 saturated carbocycles. The van der Waals surface area contributed by atoms with Gasteiger partial charge in [-0.25, -0.2) is 0 Å². The summed E-state index contributed by atoms with van der Waals surface area (Å²) in [5.74, 6) is 0.411. The molecule has 2 aromatic carbocycles. The molecule has 3 rings (SSSR count). The highest BCUT2D eigenvalue weighted by atomic mass is 32.2. The van der Waals surface area contributed by atoms with Gasteiger partial charge < -0.3 is 10.2 Å². The minimum atomic E-state index is -0.906. The molecule has 1 aliphatic rings. The highest BCUT2D eigenvalue weighted by Gasteiger charge is 2.17. The van der Waals surface area contributed by atoms with Crippen LogP contribution in [-0.4, -0.2) is 60.5 Å². The highest BCUT2D eigenvalue weighted by molar-refractivity contribution is 7.83. The van der Waals surface area contributed by atoms with E-state index >= 15 is 0 Å². The molecule has 5 nitrogen and oxygen atoms in total. The minimum absolute atomic E-state index is 0.0679. The number of rotatable bonds is 7. The third-order valence-corrected chi connectivity index (χ3v) is 5.51. The van der Waals surface area contributed by atoms with Crippen LogP contribution in [-0.2, 0) is 16.6 Å². The Morgan fingerprint density at radius 1 is 1.04 bits per heavy atom. The summed E-state index contributed by atoms with van der Waals surface area (Å²) in [6.45, 7) is 5.51. The van der Waals surface area contributed by atoms with Crippen LogP contribution in [0.15, 0.2) is 54.6 Å². The van der Waals surface area contributed by atoms with Gasteiger partial charge in [0.15, 0.2) is 0 Å². The summed E-state index contributed by atoms with van der Waals surface area (Å²) in [4.78, 5) is 17.1. The van der Waals surface area contributed by atoms with E-state index in [4.69, 9.17) is 0 Å². The second-order valence-corrected chi connectivity index (χ2v) is 8.27. The Morgan fingerprint density at radius 2 is 1.78 bits per heavy atom. The summed E-state index contributed by atoms with van der Waals surface area (Å²) in [5.41, 5.74) is 2.84. The fraction of sp³-hybridized carbons (Fsp3) is 0.381. The molecule has 1 unspecified atom stereocenters. The zero-order valence-electron chi connectivity index (χ0n) is 15.8. The molecule has 1 atom stereocenters. The first-order chi connectivity index (χ1) is 13.1. The topological polar surface area (TPSA) is 52.7 Å². The number of carbonyl (C=O) groups is 1. The Balaban J connectivity index is 1.41. The number of amides is 1. The predicted octanol–water partition coefficient (Wildman–Crippen LogP) is 2.12. The van der Waals surface area contributed by atoms with Gasteiger partial charge in [-0.3, -0.25) is 13.9 Å². The molecule has 1 heterocycles. The summed E-state index contributed by atoms with van der Waals surface area (Å²) in [6, 6.07) is 17.9. The monoisotopic (exact) mass is 385 g/mol. The van der Waals surface area contributed by atoms with Crippen molar-refractivity contribution in [3.63, 3.8) is 0 Å². The molecule has 144 valence electrons. The zero-order chi connectivity index (χ0) is 19.1. The van der Waals surface area contributed by atoms with Crippen LogP contribution < -0.4 is 10.2 Å². The lowest BCUT2D eigenvalue weighted by Gasteiger charge is -2.36. The predicted molar refractivity (Wildman–Crippen MR) is 112 cm³/mol. The second-order valence-electron chi connectivity index (χ2n) is 6.84. The van der Waals surface area contributed by atoms with Gasteiger partial charge in [-0.05, 0) is 29.8 Å². The Labute approximate surface area is 163 Å². The van der Waals surface area contributed by atoms with E-state index in [0.29, 0.717) is 17.9 Å². The number of anilines is 1. The van der Waals surface area contributed by atoms with Crippen LogP contribution >= 0.6 is 0 Å². The third kappa shape index (κ3) is 5.91. The number of nitrogens with zero attached hydrogens (tertiary/aromatic N) is 2. The summed E-state index contributed by atoms with van der Waals surface area (Å²) >= 11 is 0. The van der Waals surface area contributed by atoms with Crippen LogP contribution in [0.2, 0.25) is 0 Å².